The van der Waals surface area contributed by atoms with E-state index in [2.05, 4.69) is 29.2 Å². The molecule has 0 bridgehead atoms. The summed E-state index contributed by atoms with van der Waals surface area (Å²) < 4.78 is 1.81. The number of aromatic nitrogens is 2. The molecule has 14 heavy (non-hydrogen) atoms. The van der Waals surface area contributed by atoms with Crippen LogP contribution in [-0.4, -0.2) is 40.9 Å². The van der Waals surface area contributed by atoms with E-state index in [0.717, 1.165) is 31.9 Å². The fourth-order valence-corrected chi connectivity index (χ4v) is 1.41. The highest BCUT2D eigenvalue weighted by Crippen LogP contribution is 2.02. The Labute approximate surface area is 85.9 Å². The van der Waals surface area contributed by atoms with Crippen LogP contribution in [0.15, 0.2) is 12.4 Å². The Morgan fingerprint density at radius 1 is 1.43 bits per heavy atom. The van der Waals surface area contributed by atoms with Crippen molar-refractivity contribution in [1.82, 2.24) is 14.7 Å². The Morgan fingerprint density at radius 2 is 2.14 bits per heavy atom. The number of hydrogen-bond donors (Lipinski definition) is 1. The van der Waals surface area contributed by atoms with Crippen molar-refractivity contribution in [3.63, 3.8) is 0 Å². The van der Waals surface area contributed by atoms with Crippen LogP contribution in [0.5, 0.6) is 0 Å². The monoisotopic (exact) mass is 196 g/mol. The predicted molar refractivity (Wildman–Crippen MR) is 59.5 cm³/mol. The Hall–Kier alpha value is -1.03. The van der Waals surface area contributed by atoms with Crippen molar-refractivity contribution in [3.8, 4) is 0 Å². The molecule has 0 aliphatic heterocycles. The van der Waals surface area contributed by atoms with E-state index < -0.39 is 0 Å². The van der Waals surface area contributed by atoms with E-state index in [1.165, 1.54) is 0 Å². The molecule has 1 heterocycles. The number of aryl methyl sites for hydroxylation is 1. The number of rotatable bonds is 6. The molecule has 0 aliphatic rings. The first-order valence-corrected chi connectivity index (χ1v) is 5.21. The maximum Gasteiger partial charge on any atom is 0.0726 e. The van der Waals surface area contributed by atoms with Gasteiger partial charge in [-0.05, 0) is 13.1 Å². The van der Waals surface area contributed by atoms with Crippen molar-refractivity contribution < 1.29 is 0 Å². The van der Waals surface area contributed by atoms with Crippen LogP contribution in [0.4, 0.5) is 5.69 Å². The largest absolute Gasteiger partial charge is 0.381 e. The summed E-state index contributed by atoms with van der Waals surface area (Å²) in [5.74, 6) is 0. The molecular formula is C10H20N4. The lowest BCUT2D eigenvalue weighted by molar-refractivity contribution is 0.316. The van der Waals surface area contributed by atoms with E-state index in [1.54, 1.807) is 4.68 Å². The van der Waals surface area contributed by atoms with Gasteiger partial charge in [-0.25, -0.2) is 0 Å². The van der Waals surface area contributed by atoms with Crippen LogP contribution in [-0.2, 0) is 7.05 Å². The Bertz CT molecular complexity index is 252. The minimum Gasteiger partial charge on any atom is -0.381 e. The van der Waals surface area contributed by atoms with Gasteiger partial charge >= 0.3 is 0 Å². The quantitative estimate of drug-likeness (QED) is 0.741. The normalized spacial score (nSPS) is 10.9. The number of nitrogens with one attached hydrogen (secondary N) is 1. The van der Waals surface area contributed by atoms with Crippen LogP contribution in [0.3, 0.4) is 0 Å². The lowest BCUT2D eigenvalue weighted by Crippen LogP contribution is -2.28. The zero-order chi connectivity index (χ0) is 10.4. The van der Waals surface area contributed by atoms with Gasteiger partial charge in [0.05, 0.1) is 11.9 Å². The van der Waals surface area contributed by atoms with Gasteiger partial charge in [0.15, 0.2) is 0 Å². The molecule has 0 aromatic carbocycles. The predicted octanol–water partition coefficient (Wildman–Crippen LogP) is 1.17. The molecular weight excluding hydrogens is 176 g/mol. The zero-order valence-electron chi connectivity index (χ0n) is 9.32. The third-order valence-electron chi connectivity index (χ3n) is 2.36. The smallest absolute Gasteiger partial charge is 0.0726 e. The van der Waals surface area contributed by atoms with Gasteiger partial charge in [0.2, 0.25) is 0 Å². The van der Waals surface area contributed by atoms with Crippen LogP contribution in [0.25, 0.3) is 0 Å². The van der Waals surface area contributed by atoms with Gasteiger partial charge in [0, 0.05) is 26.3 Å². The minimum atomic E-state index is 0.980. The van der Waals surface area contributed by atoms with Gasteiger partial charge in [0.25, 0.3) is 0 Å². The van der Waals surface area contributed by atoms with Crippen molar-refractivity contribution in [2.75, 3.05) is 31.5 Å². The highest BCUT2D eigenvalue weighted by molar-refractivity contribution is 5.37. The number of anilines is 1. The summed E-state index contributed by atoms with van der Waals surface area (Å²) in [4.78, 5) is 2.39. The van der Waals surface area contributed by atoms with E-state index in [4.69, 9.17) is 0 Å². The zero-order valence-corrected chi connectivity index (χ0v) is 9.32. The summed E-state index contributed by atoms with van der Waals surface area (Å²) in [5, 5.41) is 7.43. The second-order valence-electron chi connectivity index (χ2n) is 3.36. The Morgan fingerprint density at radius 3 is 2.64 bits per heavy atom. The first-order chi connectivity index (χ1) is 6.76. The van der Waals surface area contributed by atoms with Crippen molar-refractivity contribution in [1.29, 1.82) is 0 Å². The Balaban J connectivity index is 2.21. The molecule has 0 atom stereocenters. The summed E-state index contributed by atoms with van der Waals surface area (Å²) in [6.45, 7) is 8.67. The van der Waals surface area contributed by atoms with E-state index in [1.807, 2.05) is 19.4 Å². The summed E-state index contributed by atoms with van der Waals surface area (Å²) in [6, 6.07) is 0. The van der Waals surface area contributed by atoms with Crippen LogP contribution < -0.4 is 5.32 Å². The van der Waals surface area contributed by atoms with E-state index in [9.17, 15) is 0 Å². The standard InChI is InChI=1S/C10H20N4/c1-4-14(5-2)7-6-11-10-8-12-13(3)9-10/h8-9,11H,4-7H2,1-3H3. The van der Waals surface area contributed by atoms with Crippen LogP contribution in [0, 0.1) is 0 Å². The highest BCUT2D eigenvalue weighted by atomic mass is 15.3. The number of hydrogen-bond acceptors (Lipinski definition) is 3. The lowest BCUT2D eigenvalue weighted by Gasteiger charge is -2.17. The van der Waals surface area contributed by atoms with E-state index in [-0.39, 0.29) is 0 Å². The van der Waals surface area contributed by atoms with Crippen molar-refractivity contribution >= 4 is 5.69 Å². The van der Waals surface area contributed by atoms with E-state index in [0.29, 0.717) is 0 Å². The van der Waals surface area contributed by atoms with Crippen LogP contribution in [0.2, 0.25) is 0 Å². The molecule has 0 spiro atoms. The molecule has 0 unspecified atom stereocenters. The van der Waals surface area contributed by atoms with Gasteiger partial charge in [-0.2, -0.15) is 5.10 Å². The van der Waals surface area contributed by atoms with Gasteiger partial charge in [-0.1, -0.05) is 13.8 Å². The van der Waals surface area contributed by atoms with E-state index >= 15 is 0 Å². The molecule has 1 N–H and O–H groups in total. The summed E-state index contributed by atoms with van der Waals surface area (Å²) in [5.41, 5.74) is 1.10. The fraction of sp³-hybridized carbons (Fsp3) is 0.700. The highest BCUT2D eigenvalue weighted by Gasteiger charge is 1.98. The number of likely N-dealkylation sites (N-methyl/N-ethyl adjacent to an activating group) is 1. The van der Waals surface area contributed by atoms with Crippen LogP contribution in [0.1, 0.15) is 13.8 Å². The topological polar surface area (TPSA) is 33.1 Å². The third-order valence-corrected chi connectivity index (χ3v) is 2.36. The van der Waals surface area contributed by atoms with Crippen molar-refractivity contribution in [3.05, 3.63) is 12.4 Å². The SMILES string of the molecule is CCN(CC)CCNc1cnn(C)c1. The first-order valence-electron chi connectivity index (χ1n) is 5.21. The van der Waals surface area contributed by atoms with Gasteiger partial charge in [0.1, 0.15) is 0 Å². The molecule has 0 radical (unpaired) electrons. The summed E-state index contributed by atoms with van der Waals surface area (Å²) in [7, 11) is 1.93. The summed E-state index contributed by atoms with van der Waals surface area (Å²) >= 11 is 0. The van der Waals surface area contributed by atoms with Crippen LogP contribution >= 0.6 is 0 Å². The second-order valence-corrected chi connectivity index (χ2v) is 3.36. The fourth-order valence-electron chi connectivity index (χ4n) is 1.41. The van der Waals surface area contributed by atoms with Crippen molar-refractivity contribution in [2.45, 2.75) is 13.8 Å². The molecule has 0 amide bonds. The van der Waals surface area contributed by atoms with Gasteiger partial charge in [-0.3, -0.25) is 4.68 Å². The minimum absolute atomic E-state index is 0.980. The molecule has 0 fully saturated rings. The van der Waals surface area contributed by atoms with Crippen molar-refractivity contribution in [2.24, 2.45) is 7.05 Å². The average Bonchev–Trinajstić information content (AvgIpc) is 2.59. The second kappa shape index (κ2) is 5.65. The molecule has 1 aromatic heterocycles. The molecule has 1 aromatic rings. The number of nitrogens with zero attached hydrogens (tertiary/aromatic N) is 3. The van der Waals surface area contributed by atoms with Gasteiger partial charge < -0.3 is 10.2 Å². The molecule has 0 aliphatic carbocycles. The molecule has 4 nitrogen and oxygen atoms in total. The first kappa shape index (κ1) is 11.0. The molecule has 0 saturated heterocycles. The maximum absolute atomic E-state index is 4.10. The molecule has 1 rings (SSSR count). The average molecular weight is 196 g/mol. The molecule has 4 heteroatoms. The maximum atomic E-state index is 4.10. The lowest BCUT2D eigenvalue weighted by atomic mass is 10.4. The van der Waals surface area contributed by atoms with Gasteiger partial charge in [-0.15, -0.1) is 0 Å². The molecule has 80 valence electrons. The summed E-state index contributed by atoms with van der Waals surface area (Å²) in [6.07, 6.45) is 3.84. The Kier molecular flexibility index (Phi) is 4.46. The third kappa shape index (κ3) is 3.38. The molecule has 0 saturated carbocycles.